The first-order valence-electron chi connectivity index (χ1n) is 12.9. The van der Waals surface area contributed by atoms with Crippen LogP contribution in [0.3, 0.4) is 0 Å². The zero-order valence-electron chi connectivity index (χ0n) is 22.0. The van der Waals surface area contributed by atoms with E-state index in [1.54, 1.807) is 13.2 Å². The standard InChI is InChI=1S/C30H38N4O3/c1-4-18-37-21-26(35)20-33-14-16-34(17-15-33)30-27(19-24-12-10-23(2)11-13-24)28(22-36-3)31-29(32-30)25-8-6-5-7-9-25/h4-13,26,35H,1,14-22H2,2-3H3/t26-/m0/s1. The van der Waals surface area contributed by atoms with Gasteiger partial charge >= 0.3 is 0 Å². The average Bonchev–Trinajstić information content (AvgIpc) is 2.92. The van der Waals surface area contributed by atoms with Crippen molar-refractivity contribution in [3.63, 3.8) is 0 Å². The van der Waals surface area contributed by atoms with E-state index >= 15 is 0 Å². The molecule has 2 heterocycles. The van der Waals surface area contributed by atoms with E-state index in [1.807, 2.05) is 30.3 Å². The highest BCUT2D eigenvalue weighted by Crippen LogP contribution is 2.29. The molecule has 2 aromatic carbocycles. The second-order valence-electron chi connectivity index (χ2n) is 9.53. The topological polar surface area (TPSA) is 71.0 Å². The third-order valence-corrected chi connectivity index (χ3v) is 6.57. The minimum atomic E-state index is -0.513. The van der Waals surface area contributed by atoms with Crippen molar-refractivity contribution in [2.24, 2.45) is 0 Å². The van der Waals surface area contributed by atoms with Crippen molar-refractivity contribution >= 4 is 5.82 Å². The van der Waals surface area contributed by atoms with E-state index in [0.717, 1.165) is 55.2 Å². The summed E-state index contributed by atoms with van der Waals surface area (Å²) in [5, 5.41) is 10.3. The third kappa shape index (κ3) is 7.46. The summed E-state index contributed by atoms with van der Waals surface area (Å²) < 4.78 is 11.0. The number of piperazine rings is 1. The highest BCUT2D eigenvalue weighted by Gasteiger charge is 2.25. The van der Waals surface area contributed by atoms with Crippen LogP contribution in [0.25, 0.3) is 11.4 Å². The van der Waals surface area contributed by atoms with Crippen molar-refractivity contribution < 1.29 is 14.6 Å². The molecule has 0 unspecified atom stereocenters. The fourth-order valence-electron chi connectivity index (χ4n) is 4.62. The zero-order valence-corrected chi connectivity index (χ0v) is 22.0. The Morgan fingerprint density at radius 2 is 1.76 bits per heavy atom. The summed E-state index contributed by atoms with van der Waals surface area (Å²) >= 11 is 0. The third-order valence-electron chi connectivity index (χ3n) is 6.57. The second-order valence-corrected chi connectivity index (χ2v) is 9.53. The molecule has 1 aliphatic heterocycles. The van der Waals surface area contributed by atoms with Crippen molar-refractivity contribution in [2.45, 2.75) is 26.1 Å². The molecule has 0 saturated carbocycles. The van der Waals surface area contributed by atoms with Crippen molar-refractivity contribution in [1.82, 2.24) is 14.9 Å². The summed E-state index contributed by atoms with van der Waals surface area (Å²) in [6.45, 7) is 10.9. The highest BCUT2D eigenvalue weighted by molar-refractivity contribution is 5.61. The molecule has 3 aromatic rings. The Kier molecular flexibility index (Phi) is 9.79. The molecule has 0 aliphatic carbocycles. The van der Waals surface area contributed by atoms with E-state index < -0.39 is 6.10 Å². The molecule has 1 fully saturated rings. The van der Waals surface area contributed by atoms with Crippen LogP contribution >= 0.6 is 0 Å². The monoisotopic (exact) mass is 502 g/mol. The molecule has 196 valence electrons. The summed E-state index contributed by atoms with van der Waals surface area (Å²) in [6, 6.07) is 18.8. The van der Waals surface area contributed by atoms with E-state index in [0.29, 0.717) is 32.2 Å². The van der Waals surface area contributed by atoms with Gasteiger partial charge in [0.25, 0.3) is 0 Å². The lowest BCUT2D eigenvalue weighted by Crippen LogP contribution is -2.49. The number of anilines is 1. The van der Waals surface area contributed by atoms with Gasteiger partial charge in [-0.2, -0.15) is 0 Å². The van der Waals surface area contributed by atoms with Gasteiger partial charge in [-0.3, -0.25) is 4.90 Å². The van der Waals surface area contributed by atoms with Crippen LogP contribution < -0.4 is 4.90 Å². The van der Waals surface area contributed by atoms with Crippen molar-refractivity contribution in [1.29, 1.82) is 0 Å². The smallest absolute Gasteiger partial charge is 0.161 e. The lowest BCUT2D eigenvalue weighted by molar-refractivity contribution is 0.0252. The molecule has 0 radical (unpaired) electrons. The van der Waals surface area contributed by atoms with Gasteiger partial charge in [0.05, 0.1) is 31.6 Å². The second kappa shape index (κ2) is 13.4. The van der Waals surface area contributed by atoms with Gasteiger partial charge in [-0.05, 0) is 12.5 Å². The van der Waals surface area contributed by atoms with Crippen LogP contribution in [0.2, 0.25) is 0 Å². The quantitative estimate of drug-likeness (QED) is 0.298. The Bertz CT molecular complexity index is 1130. The maximum Gasteiger partial charge on any atom is 0.161 e. The number of benzene rings is 2. The molecule has 1 aromatic heterocycles. The molecule has 7 heteroatoms. The molecule has 0 bridgehead atoms. The van der Waals surface area contributed by atoms with Gasteiger partial charge in [0.15, 0.2) is 5.82 Å². The number of rotatable bonds is 12. The van der Waals surface area contributed by atoms with E-state index in [9.17, 15) is 5.11 Å². The Morgan fingerprint density at radius 1 is 1.03 bits per heavy atom. The first kappa shape index (κ1) is 26.9. The fraction of sp³-hybridized carbons (Fsp3) is 0.400. The van der Waals surface area contributed by atoms with Crippen LogP contribution in [-0.4, -0.2) is 79.1 Å². The molecule has 1 aliphatic rings. The summed E-state index contributed by atoms with van der Waals surface area (Å²) in [5.41, 5.74) is 5.48. The van der Waals surface area contributed by atoms with Gasteiger partial charge < -0.3 is 19.5 Å². The molecular formula is C30H38N4O3. The number of methoxy groups -OCH3 is 1. The van der Waals surface area contributed by atoms with Gasteiger partial charge in [0.1, 0.15) is 5.82 Å². The van der Waals surface area contributed by atoms with Gasteiger partial charge in [-0.1, -0.05) is 66.2 Å². The van der Waals surface area contributed by atoms with Gasteiger partial charge in [-0.25, -0.2) is 9.97 Å². The molecule has 1 N–H and O–H groups in total. The summed E-state index contributed by atoms with van der Waals surface area (Å²) in [6.07, 6.45) is 1.92. The van der Waals surface area contributed by atoms with E-state index in [2.05, 4.69) is 47.6 Å². The molecule has 1 atom stereocenters. The fourth-order valence-corrected chi connectivity index (χ4v) is 4.62. The predicted molar refractivity (Wildman–Crippen MR) is 148 cm³/mol. The molecular weight excluding hydrogens is 464 g/mol. The number of β-amino-alcohol motifs (C(OH)–C–C–N with tert-alkyl or cyclic N) is 1. The lowest BCUT2D eigenvalue weighted by atomic mass is 10.0. The SMILES string of the molecule is C=CCOC[C@@H](O)CN1CCN(c2nc(-c3ccccc3)nc(COC)c2Cc2ccc(C)cc2)CC1. The number of aromatic nitrogens is 2. The van der Waals surface area contributed by atoms with Crippen molar-refractivity contribution in [2.75, 3.05) is 57.9 Å². The number of aryl methyl sites for hydroxylation is 1. The molecule has 0 amide bonds. The molecule has 4 rings (SSSR count). The molecule has 37 heavy (non-hydrogen) atoms. The van der Waals surface area contributed by atoms with Crippen LogP contribution in [0.15, 0.2) is 67.3 Å². The Balaban J connectivity index is 1.60. The lowest BCUT2D eigenvalue weighted by Gasteiger charge is -2.37. The molecule has 7 nitrogen and oxygen atoms in total. The maximum atomic E-state index is 10.3. The van der Waals surface area contributed by atoms with E-state index in [4.69, 9.17) is 19.4 Å². The average molecular weight is 503 g/mol. The van der Waals surface area contributed by atoms with Gasteiger partial charge in [0.2, 0.25) is 0 Å². The zero-order chi connectivity index (χ0) is 26.0. The number of aliphatic hydroxyl groups is 1. The number of hydrogen-bond acceptors (Lipinski definition) is 7. The van der Waals surface area contributed by atoms with Crippen LogP contribution in [0.4, 0.5) is 5.82 Å². The number of aliphatic hydroxyl groups excluding tert-OH is 1. The van der Waals surface area contributed by atoms with Crippen molar-refractivity contribution in [3.05, 3.63) is 89.6 Å². The van der Waals surface area contributed by atoms with Crippen molar-refractivity contribution in [3.8, 4) is 11.4 Å². The summed E-state index contributed by atoms with van der Waals surface area (Å²) in [4.78, 5) is 14.7. The van der Waals surface area contributed by atoms with Gasteiger partial charge in [0, 0.05) is 57.4 Å². The van der Waals surface area contributed by atoms with Gasteiger partial charge in [-0.15, -0.1) is 6.58 Å². The Hall–Kier alpha value is -3.10. The summed E-state index contributed by atoms with van der Waals surface area (Å²) in [7, 11) is 1.71. The number of ether oxygens (including phenoxy) is 2. The predicted octanol–water partition coefficient (Wildman–Crippen LogP) is 3.87. The number of nitrogens with zero attached hydrogens (tertiary/aromatic N) is 4. The summed E-state index contributed by atoms with van der Waals surface area (Å²) in [5.74, 6) is 1.68. The Morgan fingerprint density at radius 3 is 2.43 bits per heavy atom. The highest BCUT2D eigenvalue weighted by atomic mass is 16.5. The van der Waals surface area contributed by atoms with Crippen LogP contribution in [0, 0.1) is 6.92 Å². The molecule has 1 saturated heterocycles. The van der Waals surface area contributed by atoms with Crippen LogP contribution in [0.1, 0.15) is 22.4 Å². The maximum absolute atomic E-state index is 10.3. The minimum absolute atomic E-state index is 0.319. The van der Waals surface area contributed by atoms with E-state index in [-0.39, 0.29) is 0 Å². The van der Waals surface area contributed by atoms with E-state index in [1.165, 1.54) is 11.1 Å². The first-order valence-corrected chi connectivity index (χ1v) is 12.9. The minimum Gasteiger partial charge on any atom is -0.389 e. The normalized spacial score (nSPS) is 15.1. The molecule has 0 spiro atoms. The van der Waals surface area contributed by atoms with Crippen LogP contribution in [0.5, 0.6) is 0 Å². The largest absolute Gasteiger partial charge is 0.389 e. The first-order chi connectivity index (χ1) is 18.1. The number of hydrogen-bond donors (Lipinski definition) is 1. The van der Waals surface area contributed by atoms with Crippen LogP contribution in [-0.2, 0) is 22.5 Å². The Labute approximate surface area is 220 Å².